The molecular weight excluding hydrogens is 280 g/mol. The van der Waals surface area contributed by atoms with Crippen molar-refractivity contribution >= 4 is 17.3 Å². The van der Waals surface area contributed by atoms with Crippen LogP contribution >= 0.6 is 11.3 Å². The van der Waals surface area contributed by atoms with Gasteiger partial charge in [-0.15, -0.1) is 11.3 Å². The van der Waals surface area contributed by atoms with Crippen LogP contribution in [0.1, 0.15) is 27.9 Å². The van der Waals surface area contributed by atoms with E-state index >= 15 is 0 Å². The molecule has 0 saturated heterocycles. The molecule has 2 aromatic heterocycles. The lowest BCUT2D eigenvalue weighted by molar-refractivity contribution is 0.0702. The van der Waals surface area contributed by atoms with E-state index in [1.54, 1.807) is 6.07 Å². The summed E-state index contributed by atoms with van der Waals surface area (Å²) in [5.41, 5.74) is -0.753. The van der Waals surface area contributed by atoms with Gasteiger partial charge in [-0.1, -0.05) is 6.92 Å². The summed E-state index contributed by atoms with van der Waals surface area (Å²) in [5.74, 6) is -1.01. The second-order valence-electron chi connectivity index (χ2n) is 4.29. The first-order valence-electron chi connectivity index (χ1n) is 6.15. The molecule has 0 bridgehead atoms. The number of hydrogen-bond donors (Lipinski definition) is 1. The molecule has 2 rings (SSSR count). The first-order valence-corrected chi connectivity index (χ1v) is 6.97. The van der Waals surface area contributed by atoms with Gasteiger partial charge in [0.25, 0.3) is 5.56 Å². The van der Waals surface area contributed by atoms with Crippen molar-refractivity contribution in [3.63, 3.8) is 0 Å². The summed E-state index contributed by atoms with van der Waals surface area (Å²) >= 11 is 1.07. The maximum absolute atomic E-state index is 12.1. The fourth-order valence-corrected chi connectivity index (χ4v) is 2.68. The number of nitrogens with zero attached hydrogens (tertiary/aromatic N) is 2. The van der Waals surface area contributed by atoms with Gasteiger partial charge >= 0.3 is 11.7 Å². The number of hydrogen-bond acceptors (Lipinski definition) is 4. The Morgan fingerprint density at radius 2 is 2.05 bits per heavy atom. The van der Waals surface area contributed by atoms with Crippen LogP contribution in [0.3, 0.4) is 0 Å². The summed E-state index contributed by atoms with van der Waals surface area (Å²) in [4.78, 5) is 35.6. The van der Waals surface area contributed by atoms with E-state index in [9.17, 15) is 14.4 Å². The topological polar surface area (TPSA) is 81.3 Å². The van der Waals surface area contributed by atoms with Crippen LogP contribution < -0.4 is 11.2 Å². The molecular formula is C13H14N2O4S. The van der Waals surface area contributed by atoms with Crippen molar-refractivity contribution in [1.82, 2.24) is 9.13 Å². The Balaban J connectivity index is 2.37. The van der Waals surface area contributed by atoms with Crippen LogP contribution in [0.4, 0.5) is 0 Å². The SMILES string of the molecule is CCCn1ccc(=O)n(Cc2ccc(C(=O)O)s2)c1=O. The largest absolute Gasteiger partial charge is 0.477 e. The Bertz CT molecular complexity index is 741. The second-order valence-corrected chi connectivity index (χ2v) is 5.46. The van der Waals surface area contributed by atoms with Gasteiger partial charge < -0.3 is 9.67 Å². The first-order chi connectivity index (χ1) is 9.52. The smallest absolute Gasteiger partial charge is 0.345 e. The third-order valence-corrected chi connectivity index (χ3v) is 3.85. The van der Waals surface area contributed by atoms with Gasteiger partial charge in [-0.25, -0.2) is 9.59 Å². The Kier molecular flexibility index (Phi) is 4.19. The summed E-state index contributed by atoms with van der Waals surface area (Å²) in [6.07, 6.45) is 2.28. The van der Waals surface area contributed by atoms with Gasteiger partial charge in [0.2, 0.25) is 0 Å². The number of thiophene rings is 1. The summed E-state index contributed by atoms with van der Waals surface area (Å²) in [7, 11) is 0. The van der Waals surface area contributed by atoms with Gasteiger partial charge in [0.05, 0.1) is 6.54 Å². The van der Waals surface area contributed by atoms with Crippen molar-refractivity contribution in [3.05, 3.63) is 55.0 Å². The number of carbonyl (C=O) groups is 1. The molecule has 0 spiro atoms. The molecule has 0 saturated carbocycles. The van der Waals surface area contributed by atoms with Crippen molar-refractivity contribution in [2.24, 2.45) is 0 Å². The molecule has 0 atom stereocenters. The van der Waals surface area contributed by atoms with Crippen molar-refractivity contribution in [3.8, 4) is 0 Å². The molecule has 1 N–H and O–H groups in total. The fraction of sp³-hybridized carbons (Fsp3) is 0.308. The van der Waals surface area contributed by atoms with E-state index < -0.39 is 5.97 Å². The highest BCUT2D eigenvalue weighted by Gasteiger charge is 2.10. The predicted octanol–water partition coefficient (Wildman–Crippen LogP) is 1.23. The number of aromatic nitrogens is 2. The van der Waals surface area contributed by atoms with Crippen molar-refractivity contribution in [2.75, 3.05) is 0 Å². The molecule has 6 nitrogen and oxygen atoms in total. The molecule has 0 aliphatic heterocycles. The van der Waals surface area contributed by atoms with Gasteiger partial charge in [-0.3, -0.25) is 9.36 Å². The quantitative estimate of drug-likeness (QED) is 0.899. The lowest BCUT2D eigenvalue weighted by Crippen LogP contribution is -2.39. The Hall–Kier alpha value is -2.15. The van der Waals surface area contributed by atoms with Crippen LogP contribution in [0.15, 0.2) is 34.0 Å². The average Bonchev–Trinajstić information content (AvgIpc) is 2.87. The Morgan fingerprint density at radius 3 is 2.65 bits per heavy atom. The molecule has 20 heavy (non-hydrogen) atoms. The van der Waals surface area contributed by atoms with Crippen molar-refractivity contribution < 1.29 is 9.90 Å². The molecule has 0 fully saturated rings. The summed E-state index contributed by atoms with van der Waals surface area (Å²) in [5, 5.41) is 8.86. The maximum atomic E-state index is 12.1. The Labute approximate surface area is 118 Å². The molecule has 7 heteroatoms. The maximum Gasteiger partial charge on any atom is 0.345 e. The summed E-state index contributed by atoms with van der Waals surface area (Å²) in [6.45, 7) is 2.59. The van der Waals surface area contributed by atoms with E-state index in [4.69, 9.17) is 5.11 Å². The molecule has 0 radical (unpaired) electrons. The van der Waals surface area contributed by atoms with Crippen molar-refractivity contribution in [2.45, 2.75) is 26.4 Å². The molecule has 2 aromatic rings. The first kappa shape index (κ1) is 14.3. The molecule has 2 heterocycles. The zero-order valence-corrected chi connectivity index (χ0v) is 11.7. The van der Waals surface area contributed by atoms with E-state index in [-0.39, 0.29) is 22.7 Å². The van der Waals surface area contributed by atoms with Crippen LogP contribution in [0.5, 0.6) is 0 Å². The van der Waals surface area contributed by atoms with Crippen molar-refractivity contribution in [1.29, 1.82) is 0 Å². The number of aryl methyl sites for hydroxylation is 1. The molecule has 0 unspecified atom stereocenters. The standard InChI is InChI=1S/C13H14N2O4S/c1-2-6-14-7-5-11(16)15(13(14)19)8-9-3-4-10(20-9)12(17)18/h3-5,7H,2,6,8H2,1H3,(H,17,18). The van der Waals surface area contributed by atoms with E-state index in [2.05, 4.69) is 0 Å². The minimum absolute atomic E-state index is 0.0974. The normalized spacial score (nSPS) is 10.7. The van der Waals surface area contributed by atoms with Crippen LogP contribution in [0.2, 0.25) is 0 Å². The fourth-order valence-electron chi connectivity index (χ4n) is 1.85. The second kappa shape index (κ2) is 5.87. The third kappa shape index (κ3) is 2.88. The summed E-state index contributed by atoms with van der Waals surface area (Å²) < 4.78 is 2.60. The van der Waals surface area contributed by atoms with Crippen LogP contribution in [0.25, 0.3) is 0 Å². The number of rotatable bonds is 5. The summed E-state index contributed by atoms with van der Waals surface area (Å²) in [6, 6.07) is 4.45. The minimum atomic E-state index is -1.01. The van der Waals surface area contributed by atoms with Gasteiger partial charge in [-0.05, 0) is 18.6 Å². The lowest BCUT2D eigenvalue weighted by Gasteiger charge is -2.07. The van der Waals surface area contributed by atoms with Crippen LogP contribution in [0, 0.1) is 0 Å². The monoisotopic (exact) mass is 294 g/mol. The zero-order chi connectivity index (χ0) is 14.7. The number of aromatic carboxylic acids is 1. The van der Waals surface area contributed by atoms with E-state index in [0.29, 0.717) is 11.4 Å². The number of carboxylic acids is 1. The third-order valence-electron chi connectivity index (χ3n) is 2.79. The number of carboxylic acid groups (broad SMARTS) is 1. The minimum Gasteiger partial charge on any atom is -0.477 e. The molecule has 0 aliphatic rings. The van der Waals surface area contributed by atoms with E-state index in [0.717, 1.165) is 22.3 Å². The van der Waals surface area contributed by atoms with E-state index in [1.807, 2.05) is 6.92 Å². The highest BCUT2D eigenvalue weighted by atomic mass is 32.1. The molecule has 0 aliphatic carbocycles. The predicted molar refractivity (Wildman–Crippen MR) is 75.6 cm³/mol. The molecule has 0 amide bonds. The van der Waals surface area contributed by atoms with Crippen LogP contribution in [-0.2, 0) is 13.1 Å². The molecule has 106 valence electrons. The van der Waals surface area contributed by atoms with Gasteiger partial charge in [-0.2, -0.15) is 0 Å². The van der Waals surface area contributed by atoms with Gasteiger partial charge in [0, 0.05) is 23.7 Å². The van der Waals surface area contributed by atoms with E-state index in [1.165, 1.54) is 22.9 Å². The Morgan fingerprint density at radius 1 is 1.30 bits per heavy atom. The van der Waals surface area contributed by atoms with Gasteiger partial charge in [0.1, 0.15) is 4.88 Å². The molecule has 0 aromatic carbocycles. The average molecular weight is 294 g/mol. The highest BCUT2D eigenvalue weighted by molar-refractivity contribution is 7.13. The van der Waals surface area contributed by atoms with Crippen LogP contribution in [-0.4, -0.2) is 20.2 Å². The van der Waals surface area contributed by atoms with Gasteiger partial charge in [0.15, 0.2) is 0 Å². The zero-order valence-electron chi connectivity index (χ0n) is 10.9. The highest BCUT2D eigenvalue weighted by Crippen LogP contribution is 2.16. The lowest BCUT2D eigenvalue weighted by atomic mass is 10.4.